The smallest absolute Gasteiger partial charge is 0.0351 e. The van der Waals surface area contributed by atoms with E-state index in [0.717, 1.165) is 18.5 Å². The number of alkyl halides is 1. The lowest BCUT2D eigenvalue weighted by Gasteiger charge is -2.37. The van der Waals surface area contributed by atoms with Crippen LogP contribution >= 0.6 is 36.4 Å². The summed E-state index contributed by atoms with van der Waals surface area (Å²) in [7, 11) is 0. The van der Waals surface area contributed by atoms with Gasteiger partial charge in [-0.15, -0.1) is 36.4 Å². The summed E-state index contributed by atoms with van der Waals surface area (Å²) < 4.78 is 0. The van der Waals surface area contributed by atoms with Crippen molar-refractivity contribution in [2.75, 3.05) is 38.6 Å². The van der Waals surface area contributed by atoms with E-state index >= 15 is 0 Å². The van der Waals surface area contributed by atoms with Gasteiger partial charge in [-0.25, -0.2) is 0 Å². The predicted molar refractivity (Wildman–Crippen MR) is 73.0 cm³/mol. The number of hydrogen-bond donors (Lipinski definition) is 0. The third kappa shape index (κ3) is 6.18. The minimum absolute atomic E-state index is 0. The number of hydrogen-bond acceptors (Lipinski definition) is 2. The van der Waals surface area contributed by atoms with E-state index in [2.05, 4.69) is 23.6 Å². The molecule has 5 heteroatoms. The monoisotopic (exact) mass is 276 g/mol. The lowest BCUT2D eigenvalue weighted by Crippen LogP contribution is -2.49. The molecule has 1 rings (SSSR count). The van der Waals surface area contributed by atoms with Gasteiger partial charge in [0.25, 0.3) is 0 Å². The average Bonchev–Trinajstić information content (AvgIpc) is 2.18. The van der Waals surface area contributed by atoms with Crippen LogP contribution in [0.15, 0.2) is 0 Å². The van der Waals surface area contributed by atoms with E-state index in [4.69, 9.17) is 11.6 Å². The summed E-state index contributed by atoms with van der Waals surface area (Å²) in [6.45, 7) is 10.4. The van der Waals surface area contributed by atoms with Crippen LogP contribution in [0.2, 0.25) is 0 Å². The highest BCUT2D eigenvalue weighted by Crippen LogP contribution is 2.08. The fourth-order valence-corrected chi connectivity index (χ4v) is 2.04. The van der Waals surface area contributed by atoms with Crippen molar-refractivity contribution in [3.05, 3.63) is 0 Å². The molecule has 0 saturated carbocycles. The Morgan fingerprint density at radius 1 is 1.13 bits per heavy atom. The molecule has 1 fully saturated rings. The van der Waals surface area contributed by atoms with Crippen LogP contribution in [-0.4, -0.2) is 54.4 Å². The molecule has 1 saturated heterocycles. The highest BCUT2D eigenvalue weighted by Gasteiger charge is 2.18. The van der Waals surface area contributed by atoms with Crippen molar-refractivity contribution >= 4 is 36.4 Å². The summed E-state index contributed by atoms with van der Waals surface area (Å²) >= 11 is 5.71. The van der Waals surface area contributed by atoms with Crippen molar-refractivity contribution < 1.29 is 0 Å². The van der Waals surface area contributed by atoms with E-state index in [1.165, 1.54) is 32.6 Å². The maximum Gasteiger partial charge on any atom is 0.0351 e. The van der Waals surface area contributed by atoms with Crippen molar-refractivity contribution in [1.82, 2.24) is 9.80 Å². The largest absolute Gasteiger partial charge is 0.300 e. The Bertz CT molecular complexity index is 139. The highest BCUT2D eigenvalue weighted by molar-refractivity contribution is 6.18. The molecule has 1 aliphatic heterocycles. The average molecular weight is 278 g/mol. The molecule has 0 spiro atoms. The fraction of sp³-hybridized carbons (Fsp3) is 1.00. The number of halogens is 3. The maximum absolute atomic E-state index is 5.71. The van der Waals surface area contributed by atoms with Crippen molar-refractivity contribution in [3.63, 3.8) is 0 Å². The molecule has 0 bridgehead atoms. The lowest BCUT2D eigenvalue weighted by atomic mass is 10.2. The molecule has 1 heterocycles. The molecule has 0 amide bonds. The van der Waals surface area contributed by atoms with Gasteiger partial charge in [0.2, 0.25) is 0 Å². The Kier molecular flexibility index (Phi) is 12.1. The summed E-state index contributed by atoms with van der Waals surface area (Å²) in [6, 6.07) is 0.748. The van der Waals surface area contributed by atoms with Crippen LogP contribution in [-0.2, 0) is 0 Å². The molecule has 2 nitrogen and oxygen atoms in total. The van der Waals surface area contributed by atoms with Gasteiger partial charge >= 0.3 is 0 Å². The number of rotatable bonds is 4. The van der Waals surface area contributed by atoms with Crippen molar-refractivity contribution in [2.45, 2.75) is 26.3 Å². The number of piperazine rings is 1. The molecule has 1 unspecified atom stereocenters. The Balaban J connectivity index is 0. The van der Waals surface area contributed by atoms with Gasteiger partial charge in [-0.1, -0.05) is 6.92 Å². The first-order chi connectivity index (χ1) is 6.27. The third-order valence-corrected chi connectivity index (χ3v) is 3.19. The lowest BCUT2D eigenvalue weighted by molar-refractivity contribution is 0.105. The van der Waals surface area contributed by atoms with Crippen LogP contribution in [0, 0.1) is 0 Å². The van der Waals surface area contributed by atoms with Gasteiger partial charge in [0.15, 0.2) is 0 Å². The van der Waals surface area contributed by atoms with Gasteiger partial charge in [0.1, 0.15) is 0 Å². The Hall–Kier alpha value is 0.790. The van der Waals surface area contributed by atoms with Crippen LogP contribution in [0.4, 0.5) is 0 Å². The molecule has 0 aromatic heterocycles. The summed E-state index contributed by atoms with van der Waals surface area (Å²) in [4.78, 5) is 5.02. The Labute approximate surface area is 111 Å². The zero-order chi connectivity index (χ0) is 9.68. The predicted octanol–water partition coefficient (Wildman–Crippen LogP) is 2.48. The van der Waals surface area contributed by atoms with Crippen molar-refractivity contribution in [2.24, 2.45) is 0 Å². The Morgan fingerprint density at radius 2 is 1.67 bits per heavy atom. The van der Waals surface area contributed by atoms with Gasteiger partial charge in [-0.05, 0) is 13.3 Å². The van der Waals surface area contributed by atoms with Crippen LogP contribution < -0.4 is 0 Å². The van der Waals surface area contributed by atoms with Crippen LogP contribution in [0.1, 0.15) is 20.3 Å². The second-order valence-electron chi connectivity index (χ2n) is 3.82. The molecule has 15 heavy (non-hydrogen) atoms. The second kappa shape index (κ2) is 9.98. The van der Waals surface area contributed by atoms with E-state index in [0.29, 0.717) is 0 Å². The molecule has 0 aromatic carbocycles. The molecule has 0 aromatic rings. The molecule has 0 N–H and O–H groups in total. The first kappa shape index (κ1) is 18.2. The minimum atomic E-state index is 0. The van der Waals surface area contributed by atoms with E-state index in [9.17, 15) is 0 Å². The van der Waals surface area contributed by atoms with Crippen LogP contribution in [0.3, 0.4) is 0 Å². The molecule has 1 aliphatic rings. The van der Waals surface area contributed by atoms with Gasteiger partial charge in [0.05, 0.1) is 0 Å². The van der Waals surface area contributed by atoms with Gasteiger partial charge in [-0.3, -0.25) is 9.80 Å². The second-order valence-corrected chi connectivity index (χ2v) is 4.20. The summed E-state index contributed by atoms with van der Waals surface area (Å²) in [5.74, 6) is 0.767. The van der Waals surface area contributed by atoms with Crippen molar-refractivity contribution in [3.8, 4) is 0 Å². The van der Waals surface area contributed by atoms with E-state index in [1.807, 2.05) is 0 Å². The zero-order valence-corrected chi connectivity index (χ0v) is 12.0. The summed E-state index contributed by atoms with van der Waals surface area (Å²) in [5, 5.41) is 0. The van der Waals surface area contributed by atoms with Gasteiger partial charge < -0.3 is 0 Å². The first-order valence-corrected chi connectivity index (χ1v) is 5.83. The van der Waals surface area contributed by atoms with E-state index in [1.54, 1.807) is 0 Å². The summed E-state index contributed by atoms with van der Waals surface area (Å²) in [6.07, 6.45) is 1.26. The fourth-order valence-electron chi connectivity index (χ4n) is 1.81. The molecule has 0 radical (unpaired) electrons. The quantitative estimate of drug-likeness (QED) is 0.729. The molecular formula is C10H23Cl3N2. The van der Waals surface area contributed by atoms with Gasteiger partial charge in [-0.2, -0.15) is 0 Å². The zero-order valence-electron chi connectivity index (χ0n) is 9.62. The Morgan fingerprint density at radius 3 is 2.07 bits per heavy atom. The van der Waals surface area contributed by atoms with Gasteiger partial charge in [0, 0.05) is 44.6 Å². The van der Waals surface area contributed by atoms with E-state index < -0.39 is 0 Å². The third-order valence-electron chi connectivity index (χ3n) is 3.02. The molecule has 1 atom stereocenters. The molecule has 94 valence electrons. The normalized spacial score (nSPS) is 20.2. The van der Waals surface area contributed by atoms with Crippen LogP contribution in [0.5, 0.6) is 0 Å². The SMILES string of the molecule is CCC(C)N1CCN(CCCl)CC1.Cl.Cl. The summed E-state index contributed by atoms with van der Waals surface area (Å²) in [5.41, 5.74) is 0. The topological polar surface area (TPSA) is 6.48 Å². The first-order valence-electron chi connectivity index (χ1n) is 5.30. The minimum Gasteiger partial charge on any atom is -0.300 e. The standard InChI is InChI=1S/C10H21ClN2.2ClH/c1-3-10(2)13-8-6-12(5-4-11)7-9-13;;/h10H,3-9H2,1-2H3;2*1H. The maximum atomic E-state index is 5.71. The van der Waals surface area contributed by atoms with Crippen molar-refractivity contribution in [1.29, 1.82) is 0 Å². The number of nitrogens with zero attached hydrogens (tertiary/aromatic N) is 2. The molecular weight excluding hydrogens is 254 g/mol. The molecule has 0 aliphatic carbocycles. The highest BCUT2D eigenvalue weighted by atomic mass is 35.5. The van der Waals surface area contributed by atoms with E-state index in [-0.39, 0.29) is 24.8 Å². The van der Waals surface area contributed by atoms with Crippen LogP contribution in [0.25, 0.3) is 0 Å².